The summed E-state index contributed by atoms with van der Waals surface area (Å²) in [4.78, 5) is -0.0866. The molecule has 1 aromatic carbocycles. The van der Waals surface area contributed by atoms with E-state index in [4.69, 9.17) is 11.6 Å². The van der Waals surface area contributed by atoms with Crippen molar-refractivity contribution < 1.29 is 21.9 Å². The maximum Gasteiger partial charge on any atom is 0.387 e. The lowest BCUT2D eigenvalue weighted by Gasteiger charge is -2.34. The molecule has 0 aliphatic carbocycles. The molecule has 0 amide bonds. The quantitative estimate of drug-likeness (QED) is 0.764. The first-order chi connectivity index (χ1) is 10.7. The predicted molar refractivity (Wildman–Crippen MR) is 90.7 cm³/mol. The molecule has 0 spiro atoms. The average Bonchev–Trinajstić information content (AvgIpc) is 2.48. The number of alkyl halides is 2. The monoisotopic (exact) mass is 404 g/mol. The zero-order valence-corrected chi connectivity index (χ0v) is 15.4. The average molecular weight is 405 g/mol. The van der Waals surface area contributed by atoms with Gasteiger partial charge in [-0.1, -0.05) is 18.5 Å². The molecule has 2 N–H and O–H groups in total. The fraction of sp³-hybridized carbons (Fsp3) is 0.571. The highest BCUT2D eigenvalue weighted by Crippen LogP contribution is 2.29. The van der Waals surface area contributed by atoms with E-state index in [2.05, 4.69) is 14.8 Å². The van der Waals surface area contributed by atoms with Crippen molar-refractivity contribution in [3.05, 3.63) is 23.2 Å². The van der Waals surface area contributed by atoms with E-state index in [1.165, 1.54) is 6.07 Å². The zero-order valence-electron chi connectivity index (χ0n) is 13.0. The fourth-order valence-corrected chi connectivity index (χ4v) is 3.98. The molecule has 10 heteroatoms. The highest BCUT2D eigenvalue weighted by atomic mass is 35.5. The van der Waals surface area contributed by atoms with Crippen LogP contribution in [0.2, 0.25) is 5.02 Å². The Balaban J connectivity index is 0.00000288. The molecule has 0 radical (unpaired) electrons. The SMILES string of the molecule is CC1(CNS(=O)(=O)c2ccc(OC(F)F)c(Cl)c2)CCCNC1.Cl. The molecule has 1 saturated heterocycles. The van der Waals surface area contributed by atoms with Gasteiger partial charge in [-0.05, 0) is 43.0 Å². The van der Waals surface area contributed by atoms with Crippen molar-refractivity contribution in [1.82, 2.24) is 10.0 Å². The van der Waals surface area contributed by atoms with Gasteiger partial charge in [-0.3, -0.25) is 0 Å². The molecule has 5 nitrogen and oxygen atoms in total. The Labute approximate surface area is 151 Å². The number of piperidine rings is 1. The molecule has 1 unspecified atom stereocenters. The minimum atomic E-state index is -3.77. The third kappa shape index (κ3) is 5.70. The lowest BCUT2D eigenvalue weighted by Crippen LogP contribution is -2.45. The molecular formula is C14H20Cl2F2N2O3S. The van der Waals surface area contributed by atoms with Gasteiger partial charge < -0.3 is 10.1 Å². The van der Waals surface area contributed by atoms with Gasteiger partial charge in [-0.2, -0.15) is 8.78 Å². The van der Waals surface area contributed by atoms with Crippen molar-refractivity contribution in [2.45, 2.75) is 31.3 Å². The Hall–Kier alpha value is -0.670. The maximum absolute atomic E-state index is 12.3. The van der Waals surface area contributed by atoms with E-state index in [0.29, 0.717) is 0 Å². The molecule has 138 valence electrons. The molecule has 1 aliphatic rings. The lowest BCUT2D eigenvalue weighted by atomic mass is 9.83. The summed E-state index contributed by atoms with van der Waals surface area (Å²) in [7, 11) is -3.77. The molecule has 1 atom stereocenters. The summed E-state index contributed by atoms with van der Waals surface area (Å²) in [5, 5.41) is 3.06. The van der Waals surface area contributed by atoms with Crippen LogP contribution in [0.5, 0.6) is 5.75 Å². The Kier molecular flexibility index (Phi) is 7.68. The van der Waals surface area contributed by atoms with Crippen LogP contribution >= 0.6 is 24.0 Å². The molecule has 1 heterocycles. The second-order valence-electron chi connectivity index (χ2n) is 5.89. The minimum Gasteiger partial charge on any atom is -0.433 e. The van der Waals surface area contributed by atoms with Crippen molar-refractivity contribution in [3.63, 3.8) is 0 Å². The maximum atomic E-state index is 12.3. The molecule has 2 rings (SSSR count). The Bertz CT molecular complexity index is 653. The van der Waals surface area contributed by atoms with E-state index in [1.54, 1.807) is 0 Å². The Morgan fingerprint density at radius 1 is 1.46 bits per heavy atom. The summed E-state index contributed by atoms with van der Waals surface area (Å²) in [5.41, 5.74) is -0.159. The third-order valence-electron chi connectivity index (χ3n) is 3.80. The van der Waals surface area contributed by atoms with Crippen molar-refractivity contribution in [3.8, 4) is 5.75 Å². The predicted octanol–water partition coefficient (Wildman–Crippen LogP) is 3.03. The lowest BCUT2D eigenvalue weighted by molar-refractivity contribution is -0.0498. The Morgan fingerprint density at radius 3 is 2.71 bits per heavy atom. The van der Waals surface area contributed by atoms with Crippen LogP contribution in [0.1, 0.15) is 19.8 Å². The van der Waals surface area contributed by atoms with Crippen LogP contribution in [0.25, 0.3) is 0 Å². The largest absolute Gasteiger partial charge is 0.433 e. The minimum absolute atomic E-state index is 0. The smallest absolute Gasteiger partial charge is 0.387 e. The van der Waals surface area contributed by atoms with Gasteiger partial charge >= 0.3 is 6.61 Å². The van der Waals surface area contributed by atoms with Crippen LogP contribution < -0.4 is 14.8 Å². The number of hydrogen-bond donors (Lipinski definition) is 2. The van der Waals surface area contributed by atoms with Crippen LogP contribution in [0.15, 0.2) is 23.1 Å². The number of nitrogens with one attached hydrogen (secondary N) is 2. The van der Waals surface area contributed by atoms with Crippen LogP contribution in [-0.2, 0) is 10.0 Å². The van der Waals surface area contributed by atoms with Crippen LogP contribution in [-0.4, -0.2) is 34.7 Å². The first-order valence-corrected chi connectivity index (χ1v) is 9.03. The topological polar surface area (TPSA) is 67.4 Å². The van der Waals surface area contributed by atoms with Gasteiger partial charge in [0.1, 0.15) is 5.75 Å². The standard InChI is InChI=1S/C14H19ClF2N2O3S.ClH/c1-14(5-2-6-18-8-14)9-19-23(20,21)10-3-4-12(11(15)7-10)22-13(16)17;/h3-4,7,13,18-19H,2,5-6,8-9H2,1H3;1H. The van der Waals surface area contributed by atoms with Gasteiger partial charge in [-0.25, -0.2) is 13.1 Å². The molecule has 0 bridgehead atoms. The number of hydrogen-bond acceptors (Lipinski definition) is 4. The second-order valence-corrected chi connectivity index (χ2v) is 8.06. The van der Waals surface area contributed by atoms with Gasteiger partial charge in [0.2, 0.25) is 10.0 Å². The highest BCUT2D eigenvalue weighted by molar-refractivity contribution is 7.89. The van der Waals surface area contributed by atoms with Gasteiger partial charge in [0, 0.05) is 13.1 Å². The Morgan fingerprint density at radius 2 is 2.17 bits per heavy atom. The van der Waals surface area contributed by atoms with E-state index < -0.39 is 16.6 Å². The molecular weight excluding hydrogens is 385 g/mol. The van der Waals surface area contributed by atoms with Crippen molar-refractivity contribution in [1.29, 1.82) is 0 Å². The number of halogens is 4. The van der Waals surface area contributed by atoms with E-state index >= 15 is 0 Å². The highest BCUT2D eigenvalue weighted by Gasteiger charge is 2.29. The number of sulfonamides is 1. The van der Waals surface area contributed by atoms with Crippen LogP contribution in [0.4, 0.5) is 8.78 Å². The normalized spacial score (nSPS) is 21.4. The number of benzene rings is 1. The van der Waals surface area contributed by atoms with Crippen molar-refractivity contribution in [2.75, 3.05) is 19.6 Å². The van der Waals surface area contributed by atoms with E-state index in [0.717, 1.165) is 38.1 Å². The summed E-state index contributed by atoms with van der Waals surface area (Å²) in [6, 6.07) is 3.41. The summed E-state index contributed by atoms with van der Waals surface area (Å²) in [5.74, 6) is -0.260. The molecule has 0 aromatic heterocycles. The van der Waals surface area contributed by atoms with Crippen molar-refractivity contribution >= 4 is 34.0 Å². The van der Waals surface area contributed by atoms with Gasteiger partial charge in [0.25, 0.3) is 0 Å². The molecule has 0 saturated carbocycles. The zero-order chi connectivity index (χ0) is 17.1. The van der Waals surface area contributed by atoms with Crippen molar-refractivity contribution in [2.24, 2.45) is 5.41 Å². The molecule has 1 fully saturated rings. The van der Waals surface area contributed by atoms with E-state index in [-0.39, 0.29) is 40.0 Å². The summed E-state index contributed by atoms with van der Waals surface area (Å²) >= 11 is 5.80. The number of rotatable bonds is 6. The molecule has 1 aliphatic heterocycles. The number of ether oxygens (including phenoxy) is 1. The first-order valence-electron chi connectivity index (χ1n) is 7.17. The van der Waals surface area contributed by atoms with E-state index in [9.17, 15) is 17.2 Å². The molecule has 24 heavy (non-hydrogen) atoms. The first kappa shape index (κ1) is 21.4. The fourth-order valence-electron chi connectivity index (χ4n) is 2.46. The van der Waals surface area contributed by atoms with Crippen LogP contribution in [0, 0.1) is 5.41 Å². The van der Waals surface area contributed by atoms with Crippen LogP contribution in [0.3, 0.4) is 0 Å². The second kappa shape index (κ2) is 8.62. The van der Waals surface area contributed by atoms with Gasteiger partial charge in [0.15, 0.2) is 0 Å². The summed E-state index contributed by atoms with van der Waals surface area (Å²) in [6.45, 7) is 0.941. The van der Waals surface area contributed by atoms with Gasteiger partial charge in [0.05, 0.1) is 9.92 Å². The summed E-state index contributed by atoms with van der Waals surface area (Å²) in [6.07, 6.45) is 1.91. The molecule has 1 aromatic rings. The summed E-state index contributed by atoms with van der Waals surface area (Å²) < 4.78 is 55.8. The van der Waals surface area contributed by atoms with Gasteiger partial charge in [-0.15, -0.1) is 12.4 Å². The third-order valence-corrected chi connectivity index (χ3v) is 5.50. The van der Waals surface area contributed by atoms with E-state index in [1.807, 2.05) is 6.92 Å².